The lowest BCUT2D eigenvalue weighted by Gasteiger charge is -2.18. The van der Waals surface area contributed by atoms with Crippen LogP contribution in [0.2, 0.25) is 0 Å². The number of aliphatic hydroxyl groups is 1. The van der Waals surface area contributed by atoms with Gasteiger partial charge in [-0.2, -0.15) is 0 Å². The van der Waals surface area contributed by atoms with E-state index in [-0.39, 0.29) is 11.3 Å². The van der Waals surface area contributed by atoms with Gasteiger partial charge in [0.1, 0.15) is 5.75 Å². The van der Waals surface area contributed by atoms with Crippen molar-refractivity contribution in [2.75, 3.05) is 6.54 Å². The molecule has 1 aromatic heterocycles. The molecular formula is C24H26N2O3. The Bertz CT molecular complexity index is 1100. The van der Waals surface area contributed by atoms with E-state index >= 15 is 0 Å². The number of fused-ring (bicyclic) bond motifs is 3. The third-order valence-corrected chi connectivity index (χ3v) is 6.46. The van der Waals surface area contributed by atoms with Crippen LogP contribution in [0.5, 0.6) is 5.75 Å². The zero-order valence-corrected chi connectivity index (χ0v) is 16.4. The smallest absolute Gasteiger partial charge is 0.248 e. The molecule has 29 heavy (non-hydrogen) atoms. The molecule has 0 saturated carbocycles. The molecule has 0 saturated heterocycles. The van der Waals surface area contributed by atoms with Gasteiger partial charge in [-0.05, 0) is 78.5 Å². The summed E-state index contributed by atoms with van der Waals surface area (Å²) in [5, 5.41) is 25.0. The van der Waals surface area contributed by atoms with Gasteiger partial charge in [-0.3, -0.25) is 4.79 Å². The van der Waals surface area contributed by atoms with E-state index in [1.165, 1.54) is 60.1 Å². The minimum atomic E-state index is -0.721. The van der Waals surface area contributed by atoms with Gasteiger partial charge in [0.15, 0.2) is 0 Å². The van der Waals surface area contributed by atoms with Crippen LogP contribution >= 0.6 is 0 Å². The summed E-state index contributed by atoms with van der Waals surface area (Å²) in [6, 6.07) is 11.5. The van der Waals surface area contributed by atoms with Gasteiger partial charge in [-0.1, -0.05) is 18.2 Å². The number of aryl methyl sites for hydroxylation is 2. The van der Waals surface area contributed by atoms with Crippen molar-refractivity contribution in [1.29, 1.82) is 0 Å². The van der Waals surface area contributed by atoms with E-state index in [2.05, 4.69) is 22.4 Å². The molecule has 0 amide bonds. The second-order valence-electron chi connectivity index (χ2n) is 8.41. The molecule has 2 aliphatic rings. The van der Waals surface area contributed by atoms with Crippen molar-refractivity contribution in [3.8, 4) is 5.75 Å². The van der Waals surface area contributed by atoms with Crippen LogP contribution in [0.1, 0.15) is 46.8 Å². The predicted octanol–water partition coefficient (Wildman–Crippen LogP) is 2.90. The maximum absolute atomic E-state index is 11.6. The number of phenols is 1. The van der Waals surface area contributed by atoms with Crippen molar-refractivity contribution in [3.05, 3.63) is 74.6 Å². The van der Waals surface area contributed by atoms with E-state index in [1.54, 1.807) is 12.1 Å². The Morgan fingerprint density at radius 1 is 1.00 bits per heavy atom. The first kappa shape index (κ1) is 18.4. The standard InChI is InChI=1S/C24H26N2O3/c27-21-7-5-19(20-6-8-23(29)26-24(20)21)22(28)13-25-18-11-16-9-14-3-1-2-4-15(14)10-17(16)12-18/h5-10,18,22,25,27-28H,1-4,11-13H2,(H,26,29). The van der Waals surface area contributed by atoms with Crippen molar-refractivity contribution in [3.63, 3.8) is 0 Å². The fraction of sp³-hybridized carbons (Fsp3) is 0.375. The Kier molecular flexibility index (Phi) is 4.64. The molecule has 1 unspecified atom stereocenters. The normalized spacial score (nSPS) is 17.3. The first-order valence-electron chi connectivity index (χ1n) is 10.5. The largest absolute Gasteiger partial charge is 0.506 e. The third kappa shape index (κ3) is 3.45. The number of aromatic hydroxyl groups is 1. The number of nitrogens with one attached hydrogen (secondary N) is 2. The van der Waals surface area contributed by atoms with E-state index < -0.39 is 6.10 Å². The first-order chi connectivity index (χ1) is 14.1. The molecule has 3 aromatic rings. The second-order valence-corrected chi connectivity index (χ2v) is 8.41. The van der Waals surface area contributed by atoms with Gasteiger partial charge in [0, 0.05) is 24.0 Å². The molecule has 150 valence electrons. The lowest BCUT2D eigenvalue weighted by Crippen LogP contribution is -2.33. The Morgan fingerprint density at radius 2 is 1.69 bits per heavy atom. The Morgan fingerprint density at radius 3 is 2.38 bits per heavy atom. The first-order valence-corrected chi connectivity index (χ1v) is 10.5. The molecule has 0 aliphatic heterocycles. The number of phenolic OH excluding ortho intramolecular Hbond substituents is 1. The molecule has 0 fully saturated rings. The van der Waals surface area contributed by atoms with E-state index in [9.17, 15) is 15.0 Å². The van der Waals surface area contributed by atoms with Crippen molar-refractivity contribution < 1.29 is 10.2 Å². The molecule has 2 aromatic carbocycles. The maximum atomic E-state index is 11.6. The van der Waals surface area contributed by atoms with E-state index in [0.717, 1.165) is 12.8 Å². The third-order valence-electron chi connectivity index (χ3n) is 6.46. The zero-order valence-electron chi connectivity index (χ0n) is 16.4. The molecular weight excluding hydrogens is 364 g/mol. The van der Waals surface area contributed by atoms with Crippen LogP contribution < -0.4 is 10.9 Å². The van der Waals surface area contributed by atoms with E-state index in [4.69, 9.17) is 0 Å². The Balaban J connectivity index is 1.30. The van der Waals surface area contributed by atoms with E-state index in [0.29, 0.717) is 29.1 Å². The van der Waals surface area contributed by atoms with Crippen LogP contribution in [0.15, 0.2) is 41.2 Å². The molecule has 5 nitrogen and oxygen atoms in total. The van der Waals surface area contributed by atoms with Gasteiger partial charge >= 0.3 is 0 Å². The molecule has 5 heteroatoms. The topological polar surface area (TPSA) is 85.3 Å². The average molecular weight is 390 g/mol. The van der Waals surface area contributed by atoms with Crippen molar-refractivity contribution in [2.24, 2.45) is 0 Å². The molecule has 5 rings (SSSR count). The van der Waals surface area contributed by atoms with Crippen LogP contribution in [0.3, 0.4) is 0 Å². The van der Waals surface area contributed by atoms with Crippen LogP contribution in [0, 0.1) is 0 Å². The van der Waals surface area contributed by atoms with Gasteiger partial charge in [-0.25, -0.2) is 0 Å². The van der Waals surface area contributed by atoms with Gasteiger partial charge in [0.2, 0.25) is 5.56 Å². The highest BCUT2D eigenvalue weighted by Crippen LogP contribution is 2.31. The lowest BCUT2D eigenvalue weighted by molar-refractivity contribution is 0.171. The predicted molar refractivity (Wildman–Crippen MR) is 113 cm³/mol. The molecule has 1 atom stereocenters. The van der Waals surface area contributed by atoms with E-state index in [1.807, 2.05) is 0 Å². The minimum Gasteiger partial charge on any atom is -0.506 e. The highest BCUT2D eigenvalue weighted by molar-refractivity contribution is 5.87. The van der Waals surface area contributed by atoms with Crippen LogP contribution in [-0.4, -0.2) is 27.8 Å². The number of benzene rings is 2. The summed E-state index contributed by atoms with van der Waals surface area (Å²) in [4.78, 5) is 14.2. The summed E-state index contributed by atoms with van der Waals surface area (Å²) in [5.41, 5.74) is 6.75. The highest BCUT2D eigenvalue weighted by Gasteiger charge is 2.24. The van der Waals surface area contributed by atoms with Gasteiger partial charge in [0.25, 0.3) is 0 Å². The van der Waals surface area contributed by atoms with Gasteiger partial charge in [0.05, 0.1) is 11.6 Å². The number of hydrogen-bond donors (Lipinski definition) is 4. The number of aromatic nitrogens is 1. The van der Waals surface area contributed by atoms with Crippen molar-refractivity contribution >= 4 is 10.9 Å². The number of rotatable bonds is 4. The molecule has 0 bridgehead atoms. The summed E-state index contributed by atoms with van der Waals surface area (Å²) in [7, 11) is 0. The zero-order chi connectivity index (χ0) is 20.0. The summed E-state index contributed by atoms with van der Waals surface area (Å²) in [6.07, 6.45) is 6.28. The van der Waals surface area contributed by atoms with Gasteiger partial charge < -0.3 is 20.5 Å². The highest BCUT2D eigenvalue weighted by atomic mass is 16.3. The van der Waals surface area contributed by atoms with Crippen molar-refractivity contribution in [1.82, 2.24) is 10.3 Å². The molecule has 0 radical (unpaired) electrons. The minimum absolute atomic E-state index is 0.0109. The fourth-order valence-corrected chi connectivity index (χ4v) is 4.95. The Hall–Kier alpha value is -2.63. The summed E-state index contributed by atoms with van der Waals surface area (Å²) >= 11 is 0. The monoisotopic (exact) mass is 390 g/mol. The molecule has 4 N–H and O–H groups in total. The quantitative estimate of drug-likeness (QED) is 0.552. The van der Waals surface area contributed by atoms with Crippen LogP contribution in [0.4, 0.5) is 0 Å². The van der Waals surface area contributed by atoms with Crippen LogP contribution in [0.25, 0.3) is 10.9 Å². The second kappa shape index (κ2) is 7.32. The van der Waals surface area contributed by atoms with Crippen molar-refractivity contribution in [2.45, 2.75) is 50.7 Å². The molecule has 0 spiro atoms. The summed E-state index contributed by atoms with van der Waals surface area (Å²) in [5.74, 6) is 0.0109. The fourth-order valence-electron chi connectivity index (χ4n) is 4.95. The SMILES string of the molecule is O=c1ccc2c(C(O)CNC3Cc4cc5c(cc4C3)CCCC5)ccc(O)c2[nH]1. The number of hydrogen-bond acceptors (Lipinski definition) is 4. The molecule has 2 aliphatic carbocycles. The van der Waals surface area contributed by atoms with Crippen LogP contribution in [-0.2, 0) is 25.7 Å². The maximum Gasteiger partial charge on any atom is 0.248 e. The lowest BCUT2D eigenvalue weighted by atomic mass is 9.89. The van der Waals surface area contributed by atoms with Gasteiger partial charge in [-0.15, -0.1) is 0 Å². The summed E-state index contributed by atoms with van der Waals surface area (Å²) in [6.45, 7) is 0.428. The number of aromatic amines is 1. The average Bonchev–Trinajstić information content (AvgIpc) is 3.12. The number of pyridine rings is 1. The molecule has 1 heterocycles. The number of aliphatic hydroxyl groups excluding tert-OH is 1. The number of H-pyrrole nitrogens is 1. The Labute approximate surface area is 169 Å². The summed E-state index contributed by atoms with van der Waals surface area (Å²) < 4.78 is 0.